The van der Waals surface area contributed by atoms with E-state index in [9.17, 15) is 4.79 Å². The average Bonchev–Trinajstić information content (AvgIpc) is 3.24. The lowest BCUT2D eigenvalue weighted by Crippen LogP contribution is -2.29. The van der Waals surface area contributed by atoms with Crippen LogP contribution < -0.4 is 9.47 Å². The molecule has 4 rings (SSSR count). The Hall–Kier alpha value is -3.70. The molecule has 0 aliphatic carbocycles. The number of hydrogen-bond acceptors (Lipinski definition) is 3. The van der Waals surface area contributed by atoms with E-state index in [1.807, 2.05) is 92.8 Å². The Kier molecular flexibility index (Phi) is 7.47. The Bertz CT molecular complexity index is 1310. The van der Waals surface area contributed by atoms with E-state index in [2.05, 4.69) is 4.57 Å². The highest BCUT2D eigenvalue weighted by Crippen LogP contribution is 2.31. The van der Waals surface area contributed by atoms with E-state index in [-0.39, 0.29) is 5.91 Å². The van der Waals surface area contributed by atoms with Crippen molar-refractivity contribution in [2.24, 2.45) is 0 Å². The zero-order chi connectivity index (χ0) is 24.9. The molecule has 35 heavy (non-hydrogen) atoms. The van der Waals surface area contributed by atoms with Crippen molar-refractivity contribution in [3.05, 3.63) is 101 Å². The summed E-state index contributed by atoms with van der Waals surface area (Å²) in [6.07, 6.45) is 0.699. The minimum atomic E-state index is -0.0205. The summed E-state index contributed by atoms with van der Waals surface area (Å²) >= 11 is 6.12. The molecule has 0 aliphatic heterocycles. The normalized spacial score (nSPS) is 10.8. The van der Waals surface area contributed by atoms with Gasteiger partial charge in [-0.3, -0.25) is 4.79 Å². The number of carbonyl (C=O) groups is 1. The molecule has 1 aromatic heterocycles. The molecule has 180 valence electrons. The molecule has 0 atom stereocenters. The lowest BCUT2D eigenvalue weighted by atomic mass is 10.1. The Balaban J connectivity index is 1.62. The number of ether oxygens (including phenoxy) is 2. The summed E-state index contributed by atoms with van der Waals surface area (Å²) < 4.78 is 12.9. The topological polar surface area (TPSA) is 43.7 Å². The van der Waals surface area contributed by atoms with Crippen LogP contribution in [0.2, 0.25) is 5.02 Å². The van der Waals surface area contributed by atoms with Crippen LogP contribution in [0.5, 0.6) is 11.5 Å². The first kappa shape index (κ1) is 24.4. The molecule has 0 saturated carbocycles. The number of likely N-dealkylation sites (N-methyl/N-ethyl adjacent to an activating group) is 1. The van der Waals surface area contributed by atoms with Gasteiger partial charge in [-0.15, -0.1) is 0 Å². The number of methoxy groups -OCH3 is 2. The van der Waals surface area contributed by atoms with Gasteiger partial charge in [0.2, 0.25) is 0 Å². The number of rotatable bonds is 8. The summed E-state index contributed by atoms with van der Waals surface area (Å²) in [7, 11) is 5.08. The lowest BCUT2D eigenvalue weighted by Gasteiger charge is -2.18. The van der Waals surface area contributed by atoms with Crippen LogP contribution in [0.3, 0.4) is 0 Å². The van der Waals surface area contributed by atoms with Crippen molar-refractivity contribution >= 4 is 17.5 Å². The summed E-state index contributed by atoms with van der Waals surface area (Å²) in [5, 5.41) is 0.675. The number of benzene rings is 3. The summed E-state index contributed by atoms with van der Waals surface area (Å²) in [6, 6.07) is 25.6. The van der Waals surface area contributed by atoms with Crippen molar-refractivity contribution in [2.75, 3.05) is 27.8 Å². The highest BCUT2D eigenvalue weighted by Gasteiger charge is 2.22. The summed E-state index contributed by atoms with van der Waals surface area (Å²) in [6.45, 7) is 2.56. The zero-order valence-corrected chi connectivity index (χ0v) is 21.2. The van der Waals surface area contributed by atoms with Crippen molar-refractivity contribution in [3.63, 3.8) is 0 Å². The van der Waals surface area contributed by atoms with Crippen molar-refractivity contribution < 1.29 is 14.3 Å². The number of aromatic nitrogens is 1. The van der Waals surface area contributed by atoms with E-state index >= 15 is 0 Å². The van der Waals surface area contributed by atoms with E-state index in [0.717, 1.165) is 28.2 Å². The molecule has 1 amide bonds. The van der Waals surface area contributed by atoms with Crippen molar-refractivity contribution in [3.8, 4) is 28.4 Å². The molecule has 0 N–H and O–H groups in total. The quantitative estimate of drug-likeness (QED) is 0.287. The number of nitrogens with zero attached hydrogens (tertiary/aromatic N) is 2. The number of carbonyl (C=O) groups excluding carboxylic acids is 1. The predicted molar refractivity (Wildman–Crippen MR) is 141 cm³/mol. The van der Waals surface area contributed by atoms with Crippen LogP contribution >= 0.6 is 11.6 Å². The van der Waals surface area contributed by atoms with Crippen LogP contribution in [0.25, 0.3) is 16.9 Å². The molecule has 0 aliphatic rings. The standard InChI is InChI=1S/C29H29ClN2O3/c1-20-25(29(33)31(2)17-16-21-10-15-27(34-3)28(18-21)35-4)19-26(22-11-13-23(30)14-12-22)32(20)24-8-6-5-7-9-24/h5-15,18-19H,16-17H2,1-4H3. The summed E-state index contributed by atoms with van der Waals surface area (Å²) in [5.74, 6) is 1.35. The van der Waals surface area contributed by atoms with Crippen LogP contribution in [-0.4, -0.2) is 43.2 Å². The highest BCUT2D eigenvalue weighted by molar-refractivity contribution is 6.30. The number of para-hydroxylation sites is 1. The third-order valence-corrected chi connectivity index (χ3v) is 6.41. The second-order valence-electron chi connectivity index (χ2n) is 8.37. The van der Waals surface area contributed by atoms with Gasteiger partial charge in [-0.25, -0.2) is 0 Å². The molecule has 0 spiro atoms. The summed E-state index contributed by atoms with van der Waals surface area (Å²) in [5.41, 5.74) is 5.58. The maximum atomic E-state index is 13.5. The second-order valence-corrected chi connectivity index (χ2v) is 8.81. The third-order valence-electron chi connectivity index (χ3n) is 6.16. The van der Waals surface area contributed by atoms with Crippen LogP contribution in [0, 0.1) is 6.92 Å². The monoisotopic (exact) mass is 488 g/mol. The molecule has 0 bridgehead atoms. The summed E-state index contributed by atoms with van der Waals surface area (Å²) in [4.78, 5) is 15.3. The van der Waals surface area contributed by atoms with Gasteiger partial charge in [0.25, 0.3) is 5.91 Å². The number of hydrogen-bond donors (Lipinski definition) is 0. The Morgan fingerprint density at radius 1 is 0.914 bits per heavy atom. The molecule has 4 aromatic rings. The van der Waals surface area contributed by atoms with Gasteiger partial charge >= 0.3 is 0 Å². The largest absolute Gasteiger partial charge is 0.493 e. The van der Waals surface area contributed by atoms with Gasteiger partial charge in [0, 0.05) is 30.0 Å². The maximum absolute atomic E-state index is 13.5. The molecule has 0 saturated heterocycles. The van der Waals surface area contributed by atoms with E-state index < -0.39 is 0 Å². The molecule has 0 fully saturated rings. The molecular formula is C29H29ClN2O3. The van der Waals surface area contributed by atoms with Gasteiger partial charge in [-0.2, -0.15) is 0 Å². The fraction of sp³-hybridized carbons (Fsp3) is 0.207. The minimum Gasteiger partial charge on any atom is -0.493 e. The van der Waals surface area contributed by atoms with Crippen LogP contribution in [0.15, 0.2) is 78.9 Å². The van der Waals surface area contributed by atoms with Crippen molar-refractivity contribution in [1.29, 1.82) is 0 Å². The Morgan fingerprint density at radius 3 is 2.26 bits per heavy atom. The van der Waals surface area contributed by atoms with Gasteiger partial charge in [-0.05, 0) is 66.9 Å². The molecular weight excluding hydrogens is 460 g/mol. The average molecular weight is 489 g/mol. The van der Waals surface area contributed by atoms with Crippen molar-refractivity contribution in [1.82, 2.24) is 9.47 Å². The minimum absolute atomic E-state index is 0.0205. The maximum Gasteiger partial charge on any atom is 0.255 e. The second kappa shape index (κ2) is 10.7. The zero-order valence-electron chi connectivity index (χ0n) is 20.4. The van der Waals surface area contributed by atoms with E-state index in [4.69, 9.17) is 21.1 Å². The molecule has 6 heteroatoms. The van der Waals surface area contributed by atoms with Crippen LogP contribution in [0.4, 0.5) is 0 Å². The molecule has 0 radical (unpaired) electrons. The first-order valence-corrected chi connectivity index (χ1v) is 11.8. The van der Waals surface area contributed by atoms with Gasteiger partial charge in [0.05, 0.1) is 25.5 Å². The van der Waals surface area contributed by atoms with Crippen LogP contribution in [0.1, 0.15) is 21.6 Å². The Morgan fingerprint density at radius 2 is 1.60 bits per heavy atom. The van der Waals surface area contributed by atoms with E-state index in [1.165, 1.54) is 0 Å². The van der Waals surface area contributed by atoms with Crippen molar-refractivity contribution in [2.45, 2.75) is 13.3 Å². The third kappa shape index (κ3) is 5.20. The fourth-order valence-electron chi connectivity index (χ4n) is 4.21. The molecule has 1 heterocycles. The van der Waals surface area contributed by atoms with Gasteiger partial charge < -0.3 is 18.9 Å². The smallest absolute Gasteiger partial charge is 0.255 e. The molecule has 5 nitrogen and oxygen atoms in total. The Labute approximate surface area is 211 Å². The lowest BCUT2D eigenvalue weighted by molar-refractivity contribution is 0.0796. The SMILES string of the molecule is COc1ccc(CCN(C)C(=O)c2cc(-c3ccc(Cl)cc3)n(-c3ccccc3)c2C)cc1OC. The highest BCUT2D eigenvalue weighted by atomic mass is 35.5. The van der Waals surface area contributed by atoms with Gasteiger partial charge in [-0.1, -0.05) is 48.0 Å². The van der Waals surface area contributed by atoms with Gasteiger partial charge in [0.1, 0.15) is 0 Å². The first-order chi connectivity index (χ1) is 16.9. The number of halogens is 1. The molecule has 3 aromatic carbocycles. The van der Waals surface area contributed by atoms with Gasteiger partial charge in [0.15, 0.2) is 11.5 Å². The van der Waals surface area contributed by atoms with Crippen LogP contribution in [-0.2, 0) is 6.42 Å². The first-order valence-electron chi connectivity index (χ1n) is 11.4. The fourth-order valence-corrected chi connectivity index (χ4v) is 4.33. The number of amides is 1. The van der Waals surface area contributed by atoms with E-state index in [1.54, 1.807) is 19.1 Å². The predicted octanol–water partition coefficient (Wildman–Crippen LogP) is 6.44. The van der Waals surface area contributed by atoms with E-state index in [0.29, 0.717) is 35.1 Å². The molecule has 0 unspecified atom stereocenters.